The minimum Gasteiger partial charge on any atom is -0.346 e. The van der Waals surface area contributed by atoms with Crippen LogP contribution >= 0.6 is 0 Å². The fourth-order valence-corrected chi connectivity index (χ4v) is 2.30. The number of hydrogen-bond acceptors (Lipinski definition) is 2. The van der Waals surface area contributed by atoms with Crippen molar-refractivity contribution in [3.8, 4) is 11.8 Å². The van der Waals surface area contributed by atoms with E-state index in [1.807, 2.05) is 12.3 Å². The lowest BCUT2D eigenvalue weighted by Crippen LogP contribution is -1.92. The summed E-state index contributed by atoms with van der Waals surface area (Å²) in [6.07, 6.45) is 4.38. The van der Waals surface area contributed by atoms with Gasteiger partial charge in [-0.3, -0.25) is 0 Å². The molecule has 1 N–H and O–H groups in total. The molecule has 0 aliphatic heterocycles. The molecule has 20 heavy (non-hydrogen) atoms. The minimum absolute atomic E-state index is 0.765. The summed E-state index contributed by atoms with van der Waals surface area (Å²) < 4.78 is 0. The molecule has 1 aromatic carbocycles. The lowest BCUT2D eigenvalue weighted by molar-refractivity contribution is 1.12. The maximum absolute atomic E-state index is 4.27. The molecule has 0 fully saturated rings. The van der Waals surface area contributed by atoms with E-state index < -0.39 is 0 Å². The molecule has 98 valence electrons. The van der Waals surface area contributed by atoms with Gasteiger partial charge in [-0.05, 0) is 36.5 Å². The number of aryl methyl sites for hydroxylation is 2. The molecule has 0 unspecified atom stereocenters. The molecule has 0 radical (unpaired) electrons. The highest BCUT2D eigenvalue weighted by Crippen LogP contribution is 2.15. The first kappa shape index (κ1) is 12.4. The summed E-state index contributed by atoms with van der Waals surface area (Å²) in [5.41, 5.74) is 5.18. The molecule has 3 nitrogen and oxygen atoms in total. The van der Waals surface area contributed by atoms with Crippen LogP contribution in [-0.2, 0) is 6.42 Å². The summed E-state index contributed by atoms with van der Waals surface area (Å²) in [7, 11) is 0. The maximum atomic E-state index is 4.27. The third-order valence-electron chi connectivity index (χ3n) is 3.40. The average molecular weight is 261 g/mol. The van der Waals surface area contributed by atoms with Gasteiger partial charge < -0.3 is 4.98 Å². The topological polar surface area (TPSA) is 41.6 Å². The van der Waals surface area contributed by atoms with Gasteiger partial charge in [0.15, 0.2) is 0 Å². The zero-order chi connectivity index (χ0) is 13.9. The molecule has 3 aromatic rings. The molecule has 0 aliphatic rings. The number of benzene rings is 1. The number of hydrogen-bond donors (Lipinski definition) is 1. The zero-order valence-electron chi connectivity index (χ0n) is 11.6. The predicted octanol–water partition coefficient (Wildman–Crippen LogP) is 3.23. The molecule has 0 bridgehead atoms. The van der Waals surface area contributed by atoms with E-state index in [-0.39, 0.29) is 0 Å². The quantitative estimate of drug-likeness (QED) is 0.683. The number of rotatable bonds is 1. The molecule has 0 spiro atoms. The van der Waals surface area contributed by atoms with E-state index in [2.05, 4.69) is 58.8 Å². The van der Waals surface area contributed by atoms with Gasteiger partial charge in [0.2, 0.25) is 0 Å². The Morgan fingerprint density at radius 3 is 2.90 bits per heavy atom. The summed E-state index contributed by atoms with van der Waals surface area (Å²) in [5, 5.41) is 0.964. The molecule has 0 aliphatic carbocycles. The number of aromatic amines is 1. The van der Waals surface area contributed by atoms with Gasteiger partial charge in [0, 0.05) is 11.8 Å². The summed E-state index contributed by atoms with van der Waals surface area (Å²) in [6, 6.07) is 8.25. The number of nitrogens with zero attached hydrogens (tertiary/aromatic N) is 2. The molecule has 2 aromatic heterocycles. The Hall–Kier alpha value is -2.60. The molecule has 0 atom stereocenters. The van der Waals surface area contributed by atoms with Crippen molar-refractivity contribution in [1.82, 2.24) is 15.0 Å². The highest BCUT2D eigenvalue weighted by molar-refractivity contribution is 5.80. The first-order valence-corrected chi connectivity index (χ1v) is 6.68. The first-order chi connectivity index (χ1) is 9.79. The van der Waals surface area contributed by atoms with Crippen molar-refractivity contribution in [1.29, 1.82) is 0 Å². The standard InChI is InChI=1S/C17H15N3/c1-3-13-6-4-5-12(2)14(13)7-8-16-15-9-10-18-17(15)20-11-19-16/h4-6,9-11H,3H2,1-2H3,(H,18,19,20). The van der Waals surface area contributed by atoms with Crippen molar-refractivity contribution in [2.24, 2.45) is 0 Å². The Morgan fingerprint density at radius 1 is 1.15 bits per heavy atom. The van der Waals surface area contributed by atoms with E-state index in [1.54, 1.807) is 6.33 Å². The molecule has 2 heterocycles. The maximum Gasteiger partial charge on any atom is 0.141 e. The van der Waals surface area contributed by atoms with Crippen LogP contribution in [0.1, 0.15) is 29.3 Å². The van der Waals surface area contributed by atoms with Crippen LogP contribution in [0.5, 0.6) is 0 Å². The largest absolute Gasteiger partial charge is 0.346 e. The Labute approximate surface area is 118 Å². The van der Waals surface area contributed by atoms with E-state index in [9.17, 15) is 0 Å². The van der Waals surface area contributed by atoms with E-state index in [0.29, 0.717) is 0 Å². The SMILES string of the molecule is CCc1cccc(C)c1C#Cc1ncnc2[nH]ccc12. The van der Waals surface area contributed by atoms with E-state index >= 15 is 0 Å². The van der Waals surface area contributed by atoms with Gasteiger partial charge in [0.1, 0.15) is 17.7 Å². The van der Waals surface area contributed by atoms with Gasteiger partial charge in [-0.2, -0.15) is 0 Å². The summed E-state index contributed by atoms with van der Waals surface area (Å²) in [6.45, 7) is 4.24. The Morgan fingerprint density at radius 2 is 2.05 bits per heavy atom. The first-order valence-electron chi connectivity index (χ1n) is 6.68. The van der Waals surface area contributed by atoms with Gasteiger partial charge in [-0.25, -0.2) is 9.97 Å². The van der Waals surface area contributed by atoms with Crippen LogP contribution in [0, 0.1) is 18.8 Å². The Kier molecular flexibility index (Phi) is 3.22. The van der Waals surface area contributed by atoms with Gasteiger partial charge in [-0.1, -0.05) is 31.0 Å². The molecule has 3 heteroatoms. The Balaban J connectivity index is 2.11. The van der Waals surface area contributed by atoms with Crippen molar-refractivity contribution >= 4 is 11.0 Å². The smallest absolute Gasteiger partial charge is 0.141 e. The summed E-state index contributed by atoms with van der Waals surface area (Å²) >= 11 is 0. The highest BCUT2D eigenvalue weighted by atomic mass is 14.9. The van der Waals surface area contributed by atoms with Crippen molar-refractivity contribution < 1.29 is 0 Å². The van der Waals surface area contributed by atoms with Crippen LogP contribution in [-0.4, -0.2) is 15.0 Å². The lowest BCUT2D eigenvalue weighted by Gasteiger charge is -2.04. The van der Waals surface area contributed by atoms with Crippen LogP contribution in [0.25, 0.3) is 11.0 Å². The van der Waals surface area contributed by atoms with Crippen molar-refractivity contribution in [3.05, 3.63) is 59.2 Å². The second kappa shape index (κ2) is 5.18. The molecule has 0 amide bonds. The van der Waals surface area contributed by atoms with E-state index in [0.717, 1.165) is 28.7 Å². The average Bonchev–Trinajstić information content (AvgIpc) is 2.94. The number of nitrogens with one attached hydrogen (secondary N) is 1. The summed E-state index contributed by atoms with van der Waals surface area (Å²) in [5.74, 6) is 6.46. The molecular formula is C17H15N3. The van der Waals surface area contributed by atoms with Gasteiger partial charge in [-0.15, -0.1) is 0 Å². The normalized spacial score (nSPS) is 10.3. The number of fused-ring (bicyclic) bond motifs is 1. The second-order valence-corrected chi connectivity index (χ2v) is 4.67. The fourth-order valence-electron chi connectivity index (χ4n) is 2.30. The molecule has 0 saturated carbocycles. The lowest BCUT2D eigenvalue weighted by atomic mass is 10.0. The van der Waals surface area contributed by atoms with Crippen LogP contribution in [0.15, 0.2) is 36.8 Å². The molecular weight excluding hydrogens is 246 g/mol. The highest BCUT2D eigenvalue weighted by Gasteiger charge is 2.03. The van der Waals surface area contributed by atoms with Crippen LogP contribution in [0.3, 0.4) is 0 Å². The van der Waals surface area contributed by atoms with E-state index in [1.165, 1.54) is 11.1 Å². The fraction of sp³-hybridized carbons (Fsp3) is 0.176. The second-order valence-electron chi connectivity index (χ2n) is 4.67. The van der Waals surface area contributed by atoms with Crippen molar-refractivity contribution in [2.75, 3.05) is 0 Å². The predicted molar refractivity (Wildman–Crippen MR) is 80.4 cm³/mol. The summed E-state index contributed by atoms with van der Waals surface area (Å²) in [4.78, 5) is 11.5. The Bertz CT molecular complexity index is 819. The van der Waals surface area contributed by atoms with E-state index in [4.69, 9.17) is 0 Å². The zero-order valence-corrected chi connectivity index (χ0v) is 11.6. The minimum atomic E-state index is 0.765. The van der Waals surface area contributed by atoms with Crippen molar-refractivity contribution in [2.45, 2.75) is 20.3 Å². The van der Waals surface area contributed by atoms with Gasteiger partial charge in [0.05, 0.1) is 5.39 Å². The molecule has 3 rings (SSSR count). The number of H-pyrrole nitrogens is 1. The van der Waals surface area contributed by atoms with Crippen LogP contribution < -0.4 is 0 Å². The third kappa shape index (κ3) is 2.17. The third-order valence-corrected chi connectivity index (χ3v) is 3.40. The monoisotopic (exact) mass is 261 g/mol. The van der Waals surface area contributed by atoms with Crippen LogP contribution in [0.4, 0.5) is 0 Å². The van der Waals surface area contributed by atoms with Crippen LogP contribution in [0.2, 0.25) is 0 Å². The van der Waals surface area contributed by atoms with Gasteiger partial charge in [0.25, 0.3) is 0 Å². The number of aromatic nitrogens is 3. The van der Waals surface area contributed by atoms with Crippen molar-refractivity contribution in [3.63, 3.8) is 0 Å². The molecule has 0 saturated heterocycles. The van der Waals surface area contributed by atoms with Gasteiger partial charge >= 0.3 is 0 Å².